The average Bonchev–Trinajstić information content (AvgIpc) is 4.13. The number of thiophene rings is 2. The summed E-state index contributed by atoms with van der Waals surface area (Å²) in [7, 11) is 1.73. The molecule has 0 atom stereocenters. The molecule has 9 aromatic rings. The van der Waals surface area contributed by atoms with Crippen LogP contribution in [0.1, 0.15) is 76.2 Å². The minimum atomic E-state index is -1.24. The molecule has 2 aromatic heterocycles. The largest absolute Gasteiger partial charge is 0.497 e. The first-order valence-electron chi connectivity index (χ1n) is 23.1. The van der Waals surface area contributed by atoms with Gasteiger partial charge in [0.25, 0.3) is 11.8 Å². The number of hydrogen-bond donors (Lipinski definition) is 1. The van der Waals surface area contributed by atoms with Crippen molar-refractivity contribution in [1.29, 1.82) is 0 Å². The Balaban J connectivity index is 0.887. The maximum Gasteiger partial charge on any atom is 0.323 e. The minimum absolute atomic E-state index is 0.161. The van der Waals surface area contributed by atoms with Crippen molar-refractivity contribution in [3.63, 3.8) is 0 Å². The van der Waals surface area contributed by atoms with Gasteiger partial charge >= 0.3 is 5.97 Å². The van der Waals surface area contributed by atoms with E-state index in [1.54, 1.807) is 48.0 Å². The Kier molecular flexibility index (Phi) is 9.58. The second kappa shape index (κ2) is 15.5. The molecule has 9 heteroatoms. The van der Waals surface area contributed by atoms with Crippen LogP contribution < -0.4 is 9.64 Å². The maximum atomic E-state index is 13.3. The van der Waals surface area contributed by atoms with Gasteiger partial charge in [-0.1, -0.05) is 100.0 Å². The quantitative estimate of drug-likeness (QED) is 0.145. The molecule has 0 saturated carbocycles. The molecule has 2 amide bonds. The fraction of sp³-hybridized carbons (Fsp3) is 0.150. The predicted molar refractivity (Wildman–Crippen MR) is 280 cm³/mol. The van der Waals surface area contributed by atoms with Crippen LogP contribution in [-0.2, 0) is 15.6 Å². The van der Waals surface area contributed by atoms with E-state index in [1.165, 1.54) is 50.1 Å². The van der Waals surface area contributed by atoms with Crippen LogP contribution in [0.25, 0.3) is 63.7 Å². The van der Waals surface area contributed by atoms with Crippen molar-refractivity contribution in [2.24, 2.45) is 0 Å². The lowest BCUT2D eigenvalue weighted by Crippen LogP contribution is -2.43. The Morgan fingerprint density at radius 2 is 1.04 bits per heavy atom. The summed E-state index contributed by atoms with van der Waals surface area (Å²) in [4.78, 5) is 45.8. The van der Waals surface area contributed by atoms with Gasteiger partial charge < -0.3 is 14.7 Å². The summed E-state index contributed by atoms with van der Waals surface area (Å²) in [5, 5.41) is 10.7. The smallest absolute Gasteiger partial charge is 0.323 e. The summed E-state index contributed by atoms with van der Waals surface area (Å²) in [6, 6.07) is 53.7. The van der Waals surface area contributed by atoms with Crippen LogP contribution in [0.2, 0.25) is 0 Å². The lowest BCUT2D eigenvalue weighted by molar-refractivity contribution is -0.137. The van der Waals surface area contributed by atoms with Gasteiger partial charge in [-0.3, -0.25) is 19.3 Å². The van der Waals surface area contributed by atoms with Gasteiger partial charge in [0.2, 0.25) is 0 Å². The van der Waals surface area contributed by atoms with E-state index in [2.05, 4.69) is 161 Å². The topological polar surface area (TPSA) is 87.2 Å². The maximum absolute atomic E-state index is 13.3. The highest BCUT2D eigenvalue weighted by atomic mass is 32.1. The van der Waals surface area contributed by atoms with Gasteiger partial charge in [0, 0.05) is 63.9 Å². The van der Waals surface area contributed by atoms with Crippen LogP contribution in [0.5, 0.6) is 5.75 Å². The third-order valence-corrected chi connectivity index (χ3v) is 17.1. The van der Waals surface area contributed by atoms with Crippen LogP contribution in [0.4, 0.5) is 17.1 Å². The SMILES string of the molecule is COc1ccc2c(c1)C(C)(C)c1cc(N(c3ccc(-c4ccc(-c5ccc(-c6ccc7c8c(cccc68)C(=O)N(CC(=O)O)C7=O)s5)s4)cc3)c3ccc4c(c3)C(C)(C)c3cc(C)ccc3-4)ccc1-2. The summed E-state index contributed by atoms with van der Waals surface area (Å²) in [6.07, 6.45) is 0. The molecular formula is C60H46N2O5S2. The van der Waals surface area contributed by atoms with Gasteiger partial charge in [0.1, 0.15) is 12.3 Å². The van der Waals surface area contributed by atoms with Crippen molar-refractivity contribution in [3.8, 4) is 58.6 Å². The van der Waals surface area contributed by atoms with Crippen molar-refractivity contribution >= 4 is 68.3 Å². The predicted octanol–water partition coefficient (Wildman–Crippen LogP) is 15.0. The fourth-order valence-electron chi connectivity index (χ4n) is 11.1. The van der Waals surface area contributed by atoms with Gasteiger partial charge in [0.05, 0.1) is 7.11 Å². The molecule has 0 unspecified atom stereocenters. The first kappa shape index (κ1) is 42.7. The zero-order valence-corrected chi connectivity index (χ0v) is 40.6. The third kappa shape index (κ3) is 6.55. The van der Waals surface area contributed by atoms with Gasteiger partial charge in [-0.05, 0) is 153 Å². The molecule has 3 aliphatic rings. The van der Waals surface area contributed by atoms with Crippen molar-refractivity contribution in [2.75, 3.05) is 18.6 Å². The van der Waals surface area contributed by atoms with Crippen molar-refractivity contribution < 1.29 is 24.2 Å². The van der Waals surface area contributed by atoms with Crippen molar-refractivity contribution in [3.05, 3.63) is 191 Å². The van der Waals surface area contributed by atoms with Crippen molar-refractivity contribution in [1.82, 2.24) is 4.90 Å². The lowest BCUT2D eigenvalue weighted by Gasteiger charge is -2.30. The third-order valence-electron chi connectivity index (χ3n) is 14.6. The van der Waals surface area contributed by atoms with Crippen molar-refractivity contribution in [2.45, 2.75) is 45.4 Å². The second-order valence-corrected chi connectivity index (χ2v) is 21.5. The van der Waals surface area contributed by atoms with Crippen LogP contribution in [0.3, 0.4) is 0 Å². The Morgan fingerprint density at radius 1 is 0.551 bits per heavy atom. The molecule has 3 heterocycles. The molecule has 0 fully saturated rings. The van der Waals surface area contributed by atoms with E-state index in [9.17, 15) is 19.5 Å². The van der Waals surface area contributed by atoms with E-state index in [4.69, 9.17) is 4.74 Å². The molecule has 1 N–H and O–H groups in total. The zero-order chi connectivity index (χ0) is 47.7. The monoisotopic (exact) mass is 938 g/mol. The van der Waals surface area contributed by atoms with Crippen LogP contribution in [0, 0.1) is 6.92 Å². The standard InChI is InChI=1S/C60H46N2O5S2/c1-33-10-18-39-40-19-15-36(29-48(40)59(2,3)47(39)28-33)62(37-16-20-41-42-21-17-38(67-6)31-50(42)60(4,5)49(41)30-37)35-13-11-34(12-14-35)51-24-26-53(68-51)54-27-25-52(69-54)43-22-23-46-56-44(43)8-7-9-45(56)57(65)61(58(46)66)32-55(63)64/h7-31H,32H2,1-6H3,(H,63,64). The number of carboxylic acids is 1. The number of rotatable bonds is 9. The number of methoxy groups -OCH3 is 1. The minimum Gasteiger partial charge on any atom is -0.497 e. The summed E-state index contributed by atoms with van der Waals surface area (Å²) in [6.45, 7) is 10.8. The summed E-state index contributed by atoms with van der Waals surface area (Å²) in [5.74, 6) is -1.56. The first-order chi connectivity index (χ1) is 33.2. The molecule has 1 aliphatic heterocycles. The van der Waals surface area contributed by atoms with Crippen LogP contribution >= 0.6 is 22.7 Å². The molecule has 0 radical (unpaired) electrons. The highest BCUT2D eigenvalue weighted by Crippen LogP contribution is 2.54. The lowest BCUT2D eigenvalue weighted by atomic mass is 9.81. The number of nitrogens with zero attached hydrogens (tertiary/aromatic N) is 2. The summed E-state index contributed by atoms with van der Waals surface area (Å²) in [5.41, 5.74) is 17.2. The molecule has 12 rings (SSSR count). The summed E-state index contributed by atoms with van der Waals surface area (Å²) >= 11 is 3.41. The van der Waals surface area contributed by atoms with Gasteiger partial charge in [0.15, 0.2) is 0 Å². The Bertz CT molecular complexity index is 3670. The second-order valence-electron chi connectivity index (χ2n) is 19.4. The van der Waals surface area contributed by atoms with E-state index in [1.807, 2.05) is 12.1 Å². The molecule has 0 saturated heterocycles. The number of hydrogen-bond acceptors (Lipinski definition) is 7. The van der Waals surface area contributed by atoms with Crippen LogP contribution in [0.15, 0.2) is 152 Å². The number of benzene rings is 7. The van der Waals surface area contributed by atoms with E-state index in [0.717, 1.165) is 63.7 Å². The number of anilines is 3. The van der Waals surface area contributed by atoms with Gasteiger partial charge in [-0.15, -0.1) is 22.7 Å². The zero-order valence-electron chi connectivity index (χ0n) is 38.9. The van der Waals surface area contributed by atoms with Crippen LogP contribution in [-0.4, -0.2) is 41.4 Å². The van der Waals surface area contributed by atoms with E-state index in [-0.39, 0.29) is 10.8 Å². The molecule has 2 aliphatic carbocycles. The molecule has 0 bridgehead atoms. The number of carbonyl (C=O) groups is 3. The summed E-state index contributed by atoms with van der Waals surface area (Å²) < 4.78 is 5.68. The number of carbonyl (C=O) groups excluding carboxylic acids is 2. The van der Waals surface area contributed by atoms with Gasteiger partial charge in [-0.2, -0.15) is 0 Å². The highest BCUT2D eigenvalue weighted by molar-refractivity contribution is 7.25. The van der Waals surface area contributed by atoms with E-state index >= 15 is 0 Å². The fourth-order valence-corrected chi connectivity index (χ4v) is 13.2. The number of fused-ring (bicyclic) bond motifs is 6. The number of carboxylic acid groups (broad SMARTS) is 1. The number of imide groups is 1. The molecule has 338 valence electrons. The molecule has 7 nitrogen and oxygen atoms in total. The van der Waals surface area contributed by atoms with Gasteiger partial charge in [-0.25, -0.2) is 0 Å². The number of ether oxygens (including phenoxy) is 1. The normalized spacial score (nSPS) is 14.7. The molecule has 0 spiro atoms. The molecule has 7 aromatic carbocycles. The van der Waals surface area contributed by atoms with E-state index < -0.39 is 24.3 Å². The number of aliphatic carboxylic acids is 1. The number of amides is 2. The highest BCUT2D eigenvalue weighted by Gasteiger charge is 2.39. The molecular weight excluding hydrogens is 893 g/mol. The number of aryl methyl sites for hydroxylation is 1. The Hall–Kier alpha value is -7.59. The Morgan fingerprint density at radius 3 is 1.67 bits per heavy atom. The Labute approximate surface area is 408 Å². The molecule has 69 heavy (non-hydrogen) atoms. The first-order valence-corrected chi connectivity index (χ1v) is 24.7. The average molecular weight is 939 g/mol. The van der Waals surface area contributed by atoms with E-state index in [0.29, 0.717) is 16.5 Å².